The first-order valence-electron chi connectivity index (χ1n) is 6.05. The standard InChI is InChI=1S/C13H19N3S/c1-3-5-12(13-6-4-7-17-13)16-10-15-9-11(16)8-14-2/h4,6-7,9-10,12,14H,3,5,8H2,1-2H3. The van der Waals surface area contributed by atoms with Gasteiger partial charge < -0.3 is 9.88 Å². The minimum atomic E-state index is 0.436. The SMILES string of the molecule is CCCC(c1cccs1)n1cncc1CNC. The Labute approximate surface area is 107 Å². The molecule has 1 unspecified atom stereocenters. The number of thiophene rings is 1. The van der Waals surface area contributed by atoms with Crippen molar-refractivity contribution in [3.05, 3.63) is 40.6 Å². The van der Waals surface area contributed by atoms with Gasteiger partial charge in [-0.3, -0.25) is 0 Å². The van der Waals surface area contributed by atoms with E-state index in [1.54, 1.807) is 0 Å². The lowest BCUT2D eigenvalue weighted by Crippen LogP contribution is -2.15. The topological polar surface area (TPSA) is 29.9 Å². The molecule has 3 nitrogen and oxygen atoms in total. The van der Waals surface area contributed by atoms with Crippen LogP contribution in [0, 0.1) is 0 Å². The van der Waals surface area contributed by atoms with Gasteiger partial charge in [-0.15, -0.1) is 11.3 Å². The molecular weight excluding hydrogens is 230 g/mol. The summed E-state index contributed by atoms with van der Waals surface area (Å²) in [7, 11) is 1.97. The second-order valence-corrected chi connectivity index (χ2v) is 5.12. The molecule has 0 spiro atoms. The molecule has 92 valence electrons. The molecule has 17 heavy (non-hydrogen) atoms. The molecule has 0 bridgehead atoms. The first-order valence-corrected chi connectivity index (χ1v) is 6.93. The van der Waals surface area contributed by atoms with Crippen LogP contribution in [0.25, 0.3) is 0 Å². The minimum Gasteiger partial charge on any atom is -0.325 e. The summed E-state index contributed by atoms with van der Waals surface area (Å²) in [5.41, 5.74) is 1.25. The highest BCUT2D eigenvalue weighted by Gasteiger charge is 2.16. The molecule has 0 radical (unpaired) electrons. The van der Waals surface area contributed by atoms with Crippen LogP contribution in [0.3, 0.4) is 0 Å². The molecule has 0 saturated carbocycles. The molecule has 0 amide bonds. The highest BCUT2D eigenvalue weighted by Crippen LogP contribution is 2.28. The van der Waals surface area contributed by atoms with Crippen molar-refractivity contribution in [3.63, 3.8) is 0 Å². The van der Waals surface area contributed by atoms with E-state index in [1.807, 2.05) is 30.9 Å². The van der Waals surface area contributed by atoms with Crippen LogP contribution in [-0.4, -0.2) is 16.6 Å². The van der Waals surface area contributed by atoms with Crippen molar-refractivity contribution in [3.8, 4) is 0 Å². The van der Waals surface area contributed by atoms with Gasteiger partial charge in [0.1, 0.15) is 0 Å². The monoisotopic (exact) mass is 249 g/mol. The largest absolute Gasteiger partial charge is 0.325 e. The van der Waals surface area contributed by atoms with Gasteiger partial charge >= 0.3 is 0 Å². The van der Waals surface area contributed by atoms with Gasteiger partial charge in [-0.05, 0) is 24.9 Å². The van der Waals surface area contributed by atoms with Crippen LogP contribution >= 0.6 is 11.3 Å². The molecule has 1 N–H and O–H groups in total. The van der Waals surface area contributed by atoms with Gasteiger partial charge in [-0.1, -0.05) is 19.4 Å². The summed E-state index contributed by atoms with van der Waals surface area (Å²) >= 11 is 1.83. The van der Waals surface area contributed by atoms with Crippen LogP contribution in [0.1, 0.15) is 36.4 Å². The molecule has 2 aromatic heterocycles. The summed E-state index contributed by atoms with van der Waals surface area (Å²) in [5.74, 6) is 0. The Bertz CT molecular complexity index is 433. The van der Waals surface area contributed by atoms with Crippen molar-refractivity contribution in [2.24, 2.45) is 0 Å². The van der Waals surface area contributed by atoms with Crippen LogP contribution in [0.2, 0.25) is 0 Å². The van der Waals surface area contributed by atoms with Gasteiger partial charge in [0.15, 0.2) is 0 Å². The quantitative estimate of drug-likeness (QED) is 0.852. The van der Waals surface area contributed by atoms with Gasteiger partial charge in [-0.25, -0.2) is 4.98 Å². The molecule has 0 saturated heterocycles. The van der Waals surface area contributed by atoms with Gasteiger partial charge in [-0.2, -0.15) is 0 Å². The van der Waals surface area contributed by atoms with Crippen molar-refractivity contribution in [2.45, 2.75) is 32.4 Å². The molecule has 4 heteroatoms. The third-order valence-corrected chi connectivity index (χ3v) is 3.85. The summed E-state index contributed by atoms with van der Waals surface area (Å²) in [6.07, 6.45) is 6.24. The summed E-state index contributed by atoms with van der Waals surface area (Å²) in [4.78, 5) is 5.70. The fourth-order valence-corrected chi connectivity index (χ4v) is 2.96. The molecule has 1 atom stereocenters. The van der Waals surface area contributed by atoms with E-state index in [0.29, 0.717) is 6.04 Å². The number of nitrogens with one attached hydrogen (secondary N) is 1. The van der Waals surface area contributed by atoms with E-state index >= 15 is 0 Å². The normalized spacial score (nSPS) is 12.8. The second-order valence-electron chi connectivity index (χ2n) is 4.14. The molecule has 0 fully saturated rings. The molecule has 0 aliphatic heterocycles. The fraction of sp³-hybridized carbons (Fsp3) is 0.462. The molecule has 0 aliphatic carbocycles. The average molecular weight is 249 g/mol. The average Bonchev–Trinajstić information content (AvgIpc) is 2.97. The van der Waals surface area contributed by atoms with E-state index in [-0.39, 0.29) is 0 Å². The van der Waals surface area contributed by atoms with Gasteiger partial charge in [0.05, 0.1) is 18.1 Å². The maximum atomic E-state index is 4.28. The highest BCUT2D eigenvalue weighted by atomic mass is 32.1. The van der Waals surface area contributed by atoms with E-state index in [4.69, 9.17) is 0 Å². The number of nitrogens with zero attached hydrogens (tertiary/aromatic N) is 2. The number of rotatable bonds is 6. The second kappa shape index (κ2) is 5.98. The summed E-state index contributed by atoms with van der Waals surface area (Å²) in [6.45, 7) is 3.10. The van der Waals surface area contributed by atoms with Crippen LogP contribution in [0.15, 0.2) is 30.0 Å². The Morgan fingerprint density at radius 1 is 1.53 bits per heavy atom. The van der Waals surface area contributed by atoms with E-state index in [0.717, 1.165) is 13.0 Å². The zero-order valence-corrected chi connectivity index (χ0v) is 11.2. The lowest BCUT2D eigenvalue weighted by atomic mass is 10.1. The summed E-state index contributed by atoms with van der Waals surface area (Å²) in [6, 6.07) is 4.77. The fourth-order valence-electron chi connectivity index (χ4n) is 2.10. The van der Waals surface area contributed by atoms with Gasteiger partial charge in [0, 0.05) is 17.6 Å². The van der Waals surface area contributed by atoms with Crippen LogP contribution in [0.5, 0.6) is 0 Å². The Morgan fingerprint density at radius 2 is 2.41 bits per heavy atom. The highest BCUT2D eigenvalue weighted by molar-refractivity contribution is 7.10. The third kappa shape index (κ3) is 2.76. The zero-order valence-electron chi connectivity index (χ0n) is 10.4. The van der Waals surface area contributed by atoms with Gasteiger partial charge in [0.2, 0.25) is 0 Å². The Kier molecular flexibility index (Phi) is 4.34. The predicted molar refractivity (Wildman–Crippen MR) is 72.4 cm³/mol. The third-order valence-electron chi connectivity index (χ3n) is 2.87. The van der Waals surface area contributed by atoms with Crippen molar-refractivity contribution >= 4 is 11.3 Å². The van der Waals surface area contributed by atoms with Gasteiger partial charge in [0.25, 0.3) is 0 Å². The first kappa shape index (κ1) is 12.3. The van der Waals surface area contributed by atoms with Crippen LogP contribution in [-0.2, 0) is 6.54 Å². The molecule has 0 aliphatic rings. The zero-order chi connectivity index (χ0) is 12.1. The summed E-state index contributed by atoms with van der Waals surface area (Å²) < 4.78 is 2.30. The Balaban J connectivity index is 2.29. The van der Waals surface area contributed by atoms with E-state index in [2.05, 4.69) is 39.3 Å². The molecule has 2 aromatic rings. The molecule has 0 aromatic carbocycles. The van der Waals surface area contributed by atoms with Crippen molar-refractivity contribution in [2.75, 3.05) is 7.05 Å². The number of hydrogen-bond acceptors (Lipinski definition) is 3. The van der Waals surface area contributed by atoms with Crippen LogP contribution < -0.4 is 5.32 Å². The molecular formula is C13H19N3S. The maximum absolute atomic E-state index is 4.28. The van der Waals surface area contributed by atoms with Crippen molar-refractivity contribution in [1.29, 1.82) is 0 Å². The first-order chi connectivity index (χ1) is 8.36. The molecule has 2 rings (SSSR count). The number of hydrogen-bond donors (Lipinski definition) is 1. The van der Waals surface area contributed by atoms with E-state index in [1.165, 1.54) is 17.0 Å². The Morgan fingerprint density at radius 3 is 3.06 bits per heavy atom. The smallest absolute Gasteiger partial charge is 0.0954 e. The van der Waals surface area contributed by atoms with Crippen molar-refractivity contribution in [1.82, 2.24) is 14.9 Å². The van der Waals surface area contributed by atoms with E-state index in [9.17, 15) is 0 Å². The Hall–Kier alpha value is -1.13. The lowest BCUT2D eigenvalue weighted by molar-refractivity contribution is 0.517. The number of aromatic nitrogens is 2. The van der Waals surface area contributed by atoms with E-state index < -0.39 is 0 Å². The molecule has 2 heterocycles. The lowest BCUT2D eigenvalue weighted by Gasteiger charge is -2.19. The summed E-state index contributed by atoms with van der Waals surface area (Å²) in [5, 5.41) is 5.34. The maximum Gasteiger partial charge on any atom is 0.0954 e. The predicted octanol–water partition coefficient (Wildman–Crippen LogP) is 3.05. The minimum absolute atomic E-state index is 0.436. The van der Waals surface area contributed by atoms with Crippen molar-refractivity contribution < 1.29 is 0 Å². The number of imidazole rings is 1. The van der Waals surface area contributed by atoms with Crippen LogP contribution in [0.4, 0.5) is 0 Å².